The fourth-order valence-electron chi connectivity index (χ4n) is 2.84. The standard InChI is InChI=1S/C22H23NO4/c1-26-19-12-10-18(11-13-19)22(17-8-9-17)23-20(24)15-27-21(25)14-7-16-5-3-2-4-6-16/h2-7,10-14,17,22H,8-9,15H2,1H3,(H,23,24)/b14-7+. The average Bonchev–Trinajstić information content (AvgIpc) is 3.55. The van der Waals surface area contributed by atoms with E-state index in [1.165, 1.54) is 6.08 Å². The van der Waals surface area contributed by atoms with E-state index >= 15 is 0 Å². The van der Waals surface area contributed by atoms with Crippen LogP contribution in [0.5, 0.6) is 5.75 Å². The second-order valence-electron chi connectivity index (χ2n) is 6.51. The van der Waals surface area contributed by atoms with Crippen molar-refractivity contribution in [3.63, 3.8) is 0 Å². The molecule has 0 radical (unpaired) electrons. The van der Waals surface area contributed by atoms with Crippen molar-refractivity contribution in [2.75, 3.05) is 13.7 Å². The molecule has 140 valence electrons. The van der Waals surface area contributed by atoms with Gasteiger partial charge in [-0.25, -0.2) is 4.79 Å². The Labute approximate surface area is 159 Å². The van der Waals surface area contributed by atoms with Crippen LogP contribution in [0.15, 0.2) is 60.7 Å². The lowest BCUT2D eigenvalue weighted by Crippen LogP contribution is -2.33. The van der Waals surface area contributed by atoms with E-state index < -0.39 is 5.97 Å². The third-order valence-corrected chi connectivity index (χ3v) is 4.44. The van der Waals surface area contributed by atoms with E-state index in [0.717, 1.165) is 29.7 Å². The lowest BCUT2D eigenvalue weighted by atomic mass is 10.0. The van der Waals surface area contributed by atoms with Gasteiger partial charge in [-0.15, -0.1) is 0 Å². The van der Waals surface area contributed by atoms with Gasteiger partial charge in [-0.3, -0.25) is 4.79 Å². The van der Waals surface area contributed by atoms with Crippen LogP contribution in [0, 0.1) is 5.92 Å². The smallest absolute Gasteiger partial charge is 0.331 e. The van der Waals surface area contributed by atoms with Crippen LogP contribution in [-0.4, -0.2) is 25.6 Å². The number of benzene rings is 2. The molecular formula is C22H23NO4. The van der Waals surface area contributed by atoms with E-state index in [0.29, 0.717) is 5.92 Å². The molecule has 1 aliphatic rings. The summed E-state index contributed by atoms with van der Waals surface area (Å²) in [6.07, 6.45) is 5.14. The van der Waals surface area contributed by atoms with Crippen LogP contribution < -0.4 is 10.1 Å². The number of carbonyl (C=O) groups is 2. The molecule has 1 aliphatic carbocycles. The van der Waals surface area contributed by atoms with Gasteiger partial charge in [0.2, 0.25) is 0 Å². The minimum atomic E-state index is -0.540. The third-order valence-electron chi connectivity index (χ3n) is 4.44. The van der Waals surface area contributed by atoms with Crippen LogP contribution in [0.3, 0.4) is 0 Å². The van der Waals surface area contributed by atoms with Crippen molar-refractivity contribution < 1.29 is 19.1 Å². The Morgan fingerprint density at radius 3 is 2.44 bits per heavy atom. The van der Waals surface area contributed by atoms with Crippen molar-refractivity contribution in [2.24, 2.45) is 5.92 Å². The number of carbonyl (C=O) groups excluding carboxylic acids is 2. The Kier molecular flexibility index (Phi) is 6.26. The largest absolute Gasteiger partial charge is 0.497 e. The number of amides is 1. The summed E-state index contributed by atoms with van der Waals surface area (Å²) in [5, 5.41) is 2.98. The first-order valence-corrected chi connectivity index (χ1v) is 8.99. The average molecular weight is 365 g/mol. The number of methoxy groups -OCH3 is 1. The van der Waals surface area contributed by atoms with Gasteiger partial charge >= 0.3 is 5.97 Å². The molecule has 0 heterocycles. The molecule has 1 atom stereocenters. The van der Waals surface area contributed by atoms with Gasteiger partial charge in [-0.1, -0.05) is 42.5 Å². The zero-order valence-electron chi connectivity index (χ0n) is 15.3. The minimum absolute atomic E-state index is 0.0676. The predicted molar refractivity (Wildman–Crippen MR) is 103 cm³/mol. The summed E-state index contributed by atoms with van der Waals surface area (Å²) >= 11 is 0. The van der Waals surface area contributed by atoms with Crippen molar-refractivity contribution in [2.45, 2.75) is 18.9 Å². The molecule has 2 aromatic carbocycles. The first-order valence-electron chi connectivity index (χ1n) is 8.99. The Bertz CT molecular complexity index is 795. The number of rotatable bonds is 8. The van der Waals surface area contributed by atoms with Gasteiger partial charge in [0.25, 0.3) is 5.91 Å². The van der Waals surface area contributed by atoms with E-state index in [2.05, 4.69) is 5.32 Å². The highest BCUT2D eigenvalue weighted by molar-refractivity contribution is 5.89. The molecule has 5 nitrogen and oxygen atoms in total. The van der Waals surface area contributed by atoms with E-state index in [9.17, 15) is 9.59 Å². The predicted octanol–water partition coefficient (Wildman–Crippen LogP) is 3.52. The quantitative estimate of drug-likeness (QED) is 0.574. The Morgan fingerprint density at radius 1 is 1.11 bits per heavy atom. The van der Waals surface area contributed by atoms with Crippen LogP contribution in [0.4, 0.5) is 0 Å². The van der Waals surface area contributed by atoms with E-state index in [1.54, 1.807) is 13.2 Å². The fourth-order valence-corrected chi connectivity index (χ4v) is 2.84. The summed E-state index contributed by atoms with van der Waals surface area (Å²) < 4.78 is 10.2. The summed E-state index contributed by atoms with van der Waals surface area (Å²) in [5.41, 5.74) is 1.93. The van der Waals surface area contributed by atoms with Crippen molar-refractivity contribution in [3.05, 3.63) is 71.8 Å². The summed E-state index contributed by atoms with van der Waals surface area (Å²) in [6, 6.07) is 17.0. The van der Waals surface area contributed by atoms with Crippen molar-refractivity contribution in [3.8, 4) is 5.75 Å². The molecule has 27 heavy (non-hydrogen) atoms. The Hall–Kier alpha value is -3.08. The maximum Gasteiger partial charge on any atom is 0.331 e. The van der Waals surface area contributed by atoms with Gasteiger partial charge in [-0.05, 0) is 48.1 Å². The molecular weight excluding hydrogens is 342 g/mol. The lowest BCUT2D eigenvalue weighted by Gasteiger charge is -2.19. The van der Waals surface area contributed by atoms with Crippen molar-refractivity contribution in [1.82, 2.24) is 5.32 Å². The summed E-state index contributed by atoms with van der Waals surface area (Å²) in [4.78, 5) is 24.0. The normalized spacial score (nSPS) is 14.6. The molecule has 0 spiro atoms. The number of ether oxygens (including phenoxy) is 2. The Morgan fingerprint density at radius 2 is 1.81 bits per heavy atom. The van der Waals surface area contributed by atoms with Crippen LogP contribution in [0.25, 0.3) is 6.08 Å². The number of hydrogen-bond donors (Lipinski definition) is 1. The molecule has 1 fully saturated rings. The number of hydrogen-bond acceptors (Lipinski definition) is 4. The first kappa shape index (κ1) is 18.7. The van der Waals surface area contributed by atoms with Gasteiger partial charge in [0, 0.05) is 6.08 Å². The molecule has 2 aromatic rings. The molecule has 3 rings (SSSR count). The SMILES string of the molecule is COc1ccc(C(NC(=O)COC(=O)/C=C/c2ccccc2)C2CC2)cc1. The van der Waals surface area contributed by atoms with E-state index in [1.807, 2.05) is 54.6 Å². The van der Waals surface area contributed by atoms with Gasteiger partial charge < -0.3 is 14.8 Å². The van der Waals surface area contributed by atoms with Gasteiger partial charge in [-0.2, -0.15) is 0 Å². The minimum Gasteiger partial charge on any atom is -0.497 e. The zero-order valence-corrected chi connectivity index (χ0v) is 15.3. The topological polar surface area (TPSA) is 64.6 Å². The molecule has 5 heteroatoms. The maximum atomic E-state index is 12.2. The van der Waals surface area contributed by atoms with E-state index in [-0.39, 0.29) is 18.6 Å². The zero-order chi connectivity index (χ0) is 19.1. The molecule has 0 aromatic heterocycles. The maximum absolute atomic E-state index is 12.2. The Balaban J connectivity index is 1.50. The number of esters is 1. The van der Waals surface area contributed by atoms with Gasteiger partial charge in [0.05, 0.1) is 13.2 Å². The highest BCUT2D eigenvalue weighted by atomic mass is 16.5. The van der Waals surface area contributed by atoms with Gasteiger partial charge in [0.1, 0.15) is 5.75 Å². The molecule has 1 amide bonds. The first-order chi connectivity index (χ1) is 13.2. The molecule has 1 unspecified atom stereocenters. The van der Waals surface area contributed by atoms with E-state index in [4.69, 9.17) is 9.47 Å². The fraction of sp³-hybridized carbons (Fsp3) is 0.273. The molecule has 1 saturated carbocycles. The second kappa shape index (κ2) is 9.03. The lowest BCUT2D eigenvalue weighted by molar-refractivity contribution is -0.144. The molecule has 0 aliphatic heterocycles. The highest BCUT2D eigenvalue weighted by Crippen LogP contribution is 2.41. The number of nitrogens with one attached hydrogen (secondary N) is 1. The molecule has 1 N–H and O–H groups in total. The van der Waals surface area contributed by atoms with Crippen molar-refractivity contribution >= 4 is 18.0 Å². The summed E-state index contributed by atoms with van der Waals surface area (Å²) in [5.74, 6) is 0.361. The summed E-state index contributed by atoms with van der Waals surface area (Å²) in [6.45, 7) is -0.294. The van der Waals surface area contributed by atoms with Crippen molar-refractivity contribution in [1.29, 1.82) is 0 Å². The summed E-state index contributed by atoms with van der Waals surface area (Å²) in [7, 11) is 1.62. The molecule has 0 bridgehead atoms. The molecule has 0 saturated heterocycles. The second-order valence-corrected chi connectivity index (χ2v) is 6.51. The van der Waals surface area contributed by atoms with Crippen LogP contribution in [0.1, 0.15) is 30.0 Å². The monoisotopic (exact) mass is 365 g/mol. The highest BCUT2D eigenvalue weighted by Gasteiger charge is 2.33. The van der Waals surface area contributed by atoms with Crippen LogP contribution in [0.2, 0.25) is 0 Å². The van der Waals surface area contributed by atoms with Crippen LogP contribution >= 0.6 is 0 Å². The third kappa shape index (κ3) is 5.71. The van der Waals surface area contributed by atoms with Gasteiger partial charge in [0.15, 0.2) is 6.61 Å². The van der Waals surface area contributed by atoms with Crippen LogP contribution in [-0.2, 0) is 14.3 Å².